The predicted octanol–water partition coefficient (Wildman–Crippen LogP) is 3.71. The summed E-state index contributed by atoms with van der Waals surface area (Å²) in [6.45, 7) is 5.61. The molecule has 0 aliphatic carbocycles. The van der Waals surface area contributed by atoms with Gasteiger partial charge in [0.2, 0.25) is 0 Å². The molecule has 0 aromatic carbocycles. The van der Waals surface area contributed by atoms with Crippen LogP contribution < -0.4 is 5.32 Å². The summed E-state index contributed by atoms with van der Waals surface area (Å²) in [6.07, 6.45) is 8.90. The molecule has 84 valence electrons. The number of aromatic nitrogens is 1. The fourth-order valence-corrected chi connectivity index (χ4v) is 1.68. The number of hydrogen-bond donors (Lipinski definition) is 1. The molecule has 0 fully saturated rings. The van der Waals surface area contributed by atoms with Crippen molar-refractivity contribution in [3.05, 3.63) is 24.5 Å². The highest BCUT2D eigenvalue weighted by atomic mass is 14.9. The van der Waals surface area contributed by atoms with Crippen LogP contribution in [-0.4, -0.2) is 11.5 Å². The predicted molar refractivity (Wildman–Crippen MR) is 66.0 cm³/mol. The maximum Gasteiger partial charge on any atom is 0.0371 e. The second-order valence-corrected chi connectivity index (χ2v) is 4.03. The Kier molecular flexibility index (Phi) is 5.83. The van der Waals surface area contributed by atoms with Gasteiger partial charge in [-0.25, -0.2) is 0 Å². The van der Waals surface area contributed by atoms with Crippen molar-refractivity contribution in [2.45, 2.75) is 39.5 Å². The van der Waals surface area contributed by atoms with E-state index in [4.69, 9.17) is 0 Å². The van der Waals surface area contributed by atoms with Gasteiger partial charge in [0.25, 0.3) is 0 Å². The molecule has 15 heavy (non-hydrogen) atoms. The summed E-state index contributed by atoms with van der Waals surface area (Å²) < 4.78 is 0. The number of rotatable bonds is 7. The van der Waals surface area contributed by atoms with Gasteiger partial charge in [-0.2, -0.15) is 0 Å². The molecule has 0 saturated carbocycles. The standard InChI is InChI=1S/C13H22N2/c1-3-5-6-12(4-2)11-15-13-7-9-14-10-8-13/h7-10,12H,3-6,11H2,1-2H3,(H,14,15). The van der Waals surface area contributed by atoms with Crippen LogP contribution in [0.25, 0.3) is 0 Å². The third kappa shape index (κ3) is 4.82. The lowest BCUT2D eigenvalue weighted by atomic mass is 9.99. The Hall–Kier alpha value is -1.05. The average Bonchev–Trinajstić information content (AvgIpc) is 2.31. The average molecular weight is 206 g/mol. The molecule has 1 rings (SSSR count). The highest BCUT2D eigenvalue weighted by Gasteiger charge is 2.04. The van der Waals surface area contributed by atoms with Gasteiger partial charge in [0.1, 0.15) is 0 Å². The van der Waals surface area contributed by atoms with Gasteiger partial charge < -0.3 is 5.32 Å². The largest absolute Gasteiger partial charge is 0.385 e. The summed E-state index contributed by atoms with van der Waals surface area (Å²) in [5, 5.41) is 3.46. The van der Waals surface area contributed by atoms with Crippen LogP contribution in [0.2, 0.25) is 0 Å². The lowest BCUT2D eigenvalue weighted by Crippen LogP contribution is -2.13. The molecule has 0 saturated heterocycles. The van der Waals surface area contributed by atoms with E-state index >= 15 is 0 Å². The first-order chi connectivity index (χ1) is 7.36. The van der Waals surface area contributed by atoms with Gasteiger partial charge in [-0.15, -0.1) is 0 Å². The van der Waals surface area contributed by atoms with Crippen molar-refractivity contribution in [1.82, 2.24) is 4.98 Å². The van der Waals surface area contributed by atoms with Gasteiger partial charge in [-0.05, 0) is 24.5 Å². The van der Waals surface area contributed by atoms with Gasteiger partial charge in [0.05, 0.1) is 0 Å². The van der Waals surface area contributed by atoms with Crippen LogP contribution in [0.15, 0.2) is 24.5 Å². The molecule has 0 bridgehead atoms. The molecule has 2 heteroatoms. The van der Waals surface area contributed by atoms with Crippen molar-refractivity contribution in [2.24, 2.45) is 5.92 Å². The Balaban J connectivity index is 2.28. The Morgan fingerprint density at radius 2 is 2.00 bits per heavy atom. The van der Waals surface area contributed by atoms with Gasteiger partial charge in [-0.3, -0.25) is 4.98 Å². The van der Waals surface area contributed by atoms with E-state index < -0.39 is 0 Å². The Morgan fingerprint density at radius 1 is 1.27 bits per heavy atom. The van der Waals surface area contributed by atoms with E-state index in [2.05, 4.69) is 24.1 Å². The SMILES string of the molecule is CCCCC(CC)CNc1ccncc1. The third-order valence-corrected chi connectivity index (χ3v) is 2.82. The highest BCUT2D eigenvalue weighted by Crippen LogP contribution is 2.14. The smallest absolute Gasteiger partial charge is 0.0371 e. The van der Waals surface area contributed by atoms with E-state index in [0.717, 1.165) is 12.5 Å². The third-order valence-electron chi connectivity index (χ3n) is 2.82. The van der Waals surface area contributed by atoms with Crippen LogP contribution in [-0.2, 0) is 0 Å². The maximum absolute atomic E-state index is 4.00. The fraction of sp³-hybridized carbons (Fsp3) is 0.615. The van der Waals surface area contributed by atoms with Gasteiger partial charge >= 0.3 is 0 Å². The van der Waals surface area contributed by atoms with Crippen molar-refractivity contribution in [3.8, 4) is 0 Å². The molecule has 2 nitrogen and oxygen atoms in total. The Bertz CT molecular complexity index is 246. The van der Waals surface area contributed by atoms with E-state index in [-0.39, 0.29) is 0 Å². The number of nitrogens with zero attached hydrogens (tertiary/aromatic N) is 1. The van der Waals surface area contributed by atoms with E-state index in [1.54, 1.807) is 0 Å². The summed E-state index contributed by atoms with van der Waals surface area (Å²) in [4.78, 5) is 4.00. The Morgan fingerprint density at radius 3 is 2.60 bits per heavy atom. The summed E-state index contributed by atoms with van der Waals surface area (Å²) in [7, 11) is 0. The molecule has 0 spiro atoms. The number of unbranched alkanes of at least 4 members (excludes halogenated alkanes) is 1. The van der Waals surface area contributed by atoms with Gasteiger partial charge in [0, 0.05) is 24.6 Å². The number of pyridine rings is 1. The molecule has 0 amide bonds. The second-order valence-electron chi connectivity index (χ2n) is 4.03. The van der Waals surface area contributed by atoms with Crippen molar-refractivity contribution in [1.29, 1.82) is 0 Å². The minimum atomic E-state index is 0.804. The number of anilines is 1. The summed E-state index contributed by atoms with van der Waals surface area (Å²) in [5.74, 6) is 0.804. The number of nitrogens with one attached hydrogen (secondary N) is 1. The topological polar surface area (TPSA) is 24.9 Å². The molecule has 0 radical (unpaired) electrons. The van der Waals surface area contributed by atoms with Gasteiger partial charge in [-0.1, -0.05) is 33.1 Å². The summed E-state index contributed by atoms with van der Waals surface area (Å²) in [6, 6.07) is 4.04. The van der Waals surface area contributed by atoms with Crippen LogP contribution >= 0.6 is 0 Å². The first-order valence-corrected chi connectivity index (χ1v) is 6.00. The lowest BCUT2D eigenvalue weighted by molar-refractivity contribution is 0.473. The zero-order chi connectivity index (χ0) is 10.9. The minimum Gasteiger partial charge on any atom is -0.385 e. The van der Waals surface area contributed by atoms with Crippen molar-refractivity contribution >= 4 is 5.69 Å². The van der Waals surface area contributed by atoms with E-state index in [9.17, 15) is 0 Å². The molecular weight excluding hydrogens is 184 g/mol. The molecule has 1 aromatic heterocycles. The molecule has 0 aliphatic heterocycles. The lowest BCUT2D eigenvalue weighted by Gasteiger charge is -2.15. The molecule has 1 heterocycles. The molecule has 0 aliphatic rings. The molecule has 1 aromatic rings. The Labute approximate surface area is 93.1 Å². The minimum absolute atomic E-state index is 0.804. The van der Waals surface area contributed by atoms with Crippen LogP contribution in [0.3, 0.4) is 0 Å². The molecular formula is C13H22N2. The van der Waals surface area contributed by atoms with E-state index in [1.807, 2.05) is 24.5 Å². The van der Waals surface area contributed by atoms with E-state index in [0.29, 0.717) is 0 Å². The second kappa shape index (κ2) is 7.27. The van der Waals surface area contributed by atoms with E-state index in [1.165, 1.54) is 31.4 Å². The molecule has 1 N–H and O–H groups in total. The van der Waals surface area contributed by atoms with Crippen molar-refractivity contribution < 1.29 is 0 Å². The molecule has 1 atom stereocenters. The zero-order valence-corrected chi connectivity index (χ0v) is 9.87. The van der Waals surface area contributed by atoms with Crippen LogP contribution in [0.4, 0.5) is 5.69 Å². The van der Waals surface area contributed by atoms with Crippen LogP contribution in [0.5, 0.6) is 0 Å². The maximum atomic E-state index is 4.00. The number of hydrogen-bond acceptors (Lipinski definition) is 2. The van der Waals surface area contributed by atoms with Crippen LogP contribution in [0.1, 0.15) is 39.5 Å². The van der Waals surface area contributed by atoms with Crippen molar-refractivity contribution in [3.63, 3.8) is 0 Å². The first kappa shape index (κ1) is 12.0. The summed E-state index contributed by atoms with van der Waals surface area (Å²) >= 11 is 0. The normalized spacial score (nSPS) is 12.4. The van der Waals surface area contributed by atoms with Gasteiger partial charge in [0.15, 0.2) is 0 Å². The summed E-state index contributed by atoms with van der Waals surface area (Å²) in [5.41, 5.74) is 1.18. The molecule has 1 unspecified atom stereocenters. The highest BCUT2D eigenvalue weighted by molar-refractivity contribution is 5.40. The van der Waals surface area contributed by atoms with Crippen molar-refractivity contribution in [2.75, 3.05) is 11.9 Å². The monoisotopic (exact) mass is 206 g/mol. The van der Waals surface area contributed by atoms with Crippen LogP contribution in [0, 0.1) is 5.92 Å². The quantitative estimate of drug-likeness (QED) is 0.735. The fourth-order valence-electron chi connectivity index (χ4n) is 1.68. The zero-order valence-electron chi connectivity index (χ0n) is 9.87. The first-order valence-electron chi connectivity index (χ1n) is 6.00.